The van der Waals surface area contributed by atoms with E-state index < -0.39 is 34.1 Å². The van der Waals surface area contributed by atoms with Crippen LogP contribution in [0.25, 0.3) is 0 Å². The van der Waals surface area contributed by atoms with Crippen molar-refractivity contribution in [3.05, 3.63) is 0 Å². The van der Waals surface area contributed by atoms with E-state index in [0.717, 1.165) is 25.7 Å². The number of ether oxygens (including phenoxy) is 1. The summed E-state index contributed by atoms with van der Waals surface area (Å²) in [5.41, 5.74) is 0. The highest BCUT2D eigenvalue weighted by molar-refractivity contribution is 7.85. The van der Waals surface area contributed by atoms with Gasteiger partial charge >= 0.3 is 12.1 Å². The van der Waals surface area contributed by atoms with E-state index in [-0.39, 0.29) is 6.42 Å². The van der Waals surface area contributed by atoms with E-state index in [4.69, 9.17) is 4.55 Å². The molecule has 0 aliphatic carbocycles. The zero-order valence-electron chi connectivity index (χ0n) is 14.1. The Labute approximate surface area is 141 Å². The number of unbranched alkanes of at least 4 members (excludes halogenated alkanes) is 5. The number of rotatable bonds is 12. The lowest BCUT2D eigenvalue weighted by Gasteiger charge is -2.19. The van der Waals surface area contributed by atoms with E-state index in [1.165, 1.54) is 6.42 Å². The number of carbonyl (C=O) groups is 1. The highest BCUT2D eigenvalue weighted by Gasteiger charge is 2.45. The van der Waals surface area contributed by atoms with E-state index in [0.29, 0.717) is 18.8 Å². The van der Waals surface area contributed by atoms with E-state index in [9.17, 15) is 26.4 Å². The Hall–Kier alpha value is -0.830. The van der Waals surface area contributed by atoms with Gasteiger partial charge < -0.3 is 4.74 Å². The second-order valence-electron chi connectivity index (χ2n) is 6.32. The summed E-state index contributed by atoms with van der Waals surface area (Å²) in [5, 5.41) is 0. The summed E-state index contributed by atoms with van der Waals surface area (Å²) in [6, 6.07) is 0. The van der Waals surface area contributed by atoms with Gasteiger partial charge in [-0.25, -0.2) is 0 Å². The molecule has 1 N–H and O–H groups in total. The first kappa shape index (κ1) is 23.2. The minimum atomic E-state index is -5.04. The maximum absolute atomic E-state index is 12.6. The van der Waals surface area contributed by atoms with Crippen LogP contribution in [0.15, 0.2) is 0 Å². The van der Waals surface area contributed by atoms with Crippen molar-refractivity contribution >= 4 is 16.1 Å². The molecule has 0 heterocycles. The SMILES string of the molecule is CC(C)CCCCCCCCC(=O)OC(CS(=O)(=O)O)C(F)(F)F. The molecule has 0 aromatic rings. The zero-order chi connectivity index (χ0) is 18.8. The summed E-state index contributed by atoms with van der Waals surface area (Å²) < 4.78 is 71.5. The summed E-state index contributed by atoms with van der Waals surface area (Å²) in [5.74, 6) is -2.12. The van der Waals surface area contributed by atoms with Crippen LogP contribution in [0.4, 0.5) is 13.2 Å². The first-order chi connectivity index (χ1) is 10.9. The molecule has 0 aromatic heterocycles. The summed E-state index contributed by atoms with van der Waals surface area (Å²) in [6.45, 7) is 4.31. The first-order valence-corrected chi connectivity index (χ1v) is 9.74. The first-order valence-electron chi connectivity index (χ1n) is 8.13. The molecule has 0 fully saturated rings. The molecule has 5 nitrogen and oxygen atoms in total. The third kappa shape index (κ3) is 13.6. The van der Waals surface area contributed by atoms with Crippen LogP contribution < -0.4 is 0 Å². The molecule has 0 saturated heterocycles. The maximum Gasteiger partial charge on any atom is 0.426 e. The van der Waals surface area contributed by atoms with Crippen LogP contribution in [0.3, 0.4) is 0 Å². The average molecular weight is 376 g/mol. The van der Waals surface area contributed by atoms with Gasteiger partial charge in [0.2, 0.25) is 6.10 Å². The van der Waals surface area contributed by atoms with Gasteiger partial charge in [0.15, 0.2) is 0 Å². The molecule has 1 atom stereocenters. The fourth-order valence-electron chi connectivity index (χ4n) is 2.13. The molecule has 0 saturated carbocycles. The van der Waals surface area contributed by atoms with Crippen molar-refractivity contribution < 1.29 is 35.7 Å². The fourth-order valence-corrected chi connectivity index (χ4v) is 2.77. The Bertz CT molecular complexity index is 460. The Morgan fingerprint density at radius 1 is 1.04 bits per heavy atom. The third-order valence-electron chi connectivity index (χ3n) is 3.41. The Morgan fingerprint density at radius 3 is 2.00 bits per heavy atom. The molecular weight excluding hydrogens is 349 g/mol. The van der Waals surface area contributed by atoms with Gasteiger partial charge in [0.05, 0.1) is 0 Å². The molecule has 0 aromatic carbocycles. The van der Waals surface area contributed by atoms with Gasteiger partial charge in [0.25, 0.3) is 10.1 Å². The topological polar surface area (TPSA) is 80.7 Å². The fraction of sp³-hybridized carbons (Fsp3) is 0.933. The average Bonchev–Trinajstić information content (AvgIpc) is 2.38. The summed E-state index contributed by atoms with van der Waals surface area (Å²) >= 11 is 0. The zero-order valence-corrected chi connectivity index (χ0v) is 15.0. The van der Waals surface area contributed by atoms with Crippen LogP contribution in [0.1, 0.15) is 65.2 Å². The summed E-state index contributed by atoms with van der Waals surface area (Å²) in [6.07, 6.45) is -1.70. The van der Waals surface area contributed by atoms with Gasteiger partial charge in [-0.15, -0.1) is 0 Å². The van der Waals surface area contributed by atoms with Crippen molar-refractivity contribution in [2.75, 3.05) is 5.75 Å². The molecule has 0 aliphatic rings. The van der Waals surface area contributed by atoms with Crippen LogP contribution >= 0.6 is 0 Å². The van der Waals surface area contributed by atoms with Gasteiger partial charge in [-0.3, -0.25) is 9.35 Å². The van der Waals surface area contributed by atoms with E-state index in [2.05, 4.69) is 18.6 Å². The van der Waals surface area contributed by atoms with Crippen LogP contribution in [-0.2, 0) is 19.6 Å². The number of hydrogen-bond acceptors (Lipinski definition) is 4. The second-order valence-corrected chi connectivity index (χ2v) is 7.82. The Kier molecular flexibility index (Phi) is 10.5. The predicted octanol–water partition coefficient (Wildman–Crippen LogP) is 4.13. The summed E-state index contributed by atoms with van der Waals surface area (Å²) in [7, 11) is -4.89. The second kappa shape index (κ2) is 10.9. The van der Waals surface area contributed by atoms with Crippen molar-refractivity contribution in [2.45, 2.75) is 77.5 Å². The quantitative estimate of drug-likeness (QED) is 0.315. The Morgan fingerprint density at radius 2 is 1.54 bits per heavy atom. The molecule has 144 valence electrons. The Balaban J connectivity index is 3.98. The van der Waals surface area contributed by atoms with E-state index >= 15 is 0 Å². The summed E-state index contributed by atoms with van der Waals surface area (Å²) in [4.78, 5) is 11.4. The smallest absolute Gasteiger partial charge is 0.426 e. The molecule has 24 heavy (non-hydrogen) atoms. The predicted molar refractivity (Wildman–Crippen MR) is 84.1 cm³/mol. The normalized spacial score (nSPS) is 14.0. The largest absolute Gasteiger partial charge is 0.451 e. The van der Waals surface area contributed by atoms with Crippen molar-refractivity contribution in [2.24, 2.45) is 5.92 Å². The highest BCUT2D eigenvalue weighted by atomic mass is 32.2. The molecule has 0 bridgehead atoms. The minimum absolute atomic E-state index is 0.204. The highest BCUT2D eigenvalue weighted by Crippen LogP contribution is 2.24. The molecule has 1 unspecified atom stereocenters. The molecule has 0 radical (unpaired) electrons. The van der Waals surface area contributed by atoms with Gasteiger partial charge in [0, 0.05) is 6.42 Å². The molecule has 0 rings (SSSR count). The van der Waals surface area contributed by atoms with E-state index in [1.54, 1.807) is 0 Å². The number of halogens is 3. The van der Waals surface area contributed by atoms with Crippen molar-refractivity contribution in [3.8, 4) is 0 Å². The third-order valence-corrected chi connectivity index (χ3v) is 4.14. The lowest BCUT2D eigenvalue weighted by Crippen LogP contribution is -2.39. The molecule has 0 aliphatic heterocycles. The van der Waals surface area contributed by atoms with Crippen molar-refractivity contribution in [1.82, 2.24) is 0 Å². The molecule has 0 amide bonds. The lowest BCUT2D eigenvalue weighted by molar-refractivity contribution is -0.215. The van der Waals surface area contributed by atoms with Crippen molar-refractivity contribution in [3.63, 3.8) is 0 Å². The monoisotopic (exact) mass is 376 g/mol. The van der Waals surface area contributed by atoms with E-state index in [1.807, 2.05) is 0 Å². The van der Waals surface area contributed by atoms with Gasteiger partial charge in [0.1, 0.15) is 5.75 Å². The number of alkyl halides is 3. The van der Waals surface area contributed by atoms with Gasteiger partial charge in [-0.1, -0.05) is 52.4 Å². The number of esters is 1. The molecule has 9 heteroatoms. The van der Waals surface area contributed by atoms with Crippen LogP contribution in [-0.4, -0.2) is 37.0 Å². The van der Waals surface area contributed by atoms with Gasteiger partial charge in [-0.05, 0) is 12.3 Å². The van der Waals surface area contributed by atoms with Crippen molar-refractivity contribution in [1.29, 1.82) is 0 Å². The standard InChI is InChI=1S/C15H27F3O5S/c1-12(2)9-7-5-3-4-6-8-10-14(19)23-13(15(16,17)18)11-24(20,21)22/h12-13H,3-11H2,1-2H3,(H,20,21,22). The van der Waals surface area contributed by atoms with Crippen LogP contribution in [0.2, 0.25) is 0 Å². The lowest BCUT2D eigenvalue weighted by atomic mass is 10.0. The van der Waals surface area contributed by atoms with Crippen LogP contribution in [0.5, 0.6) is 0 Å². The maximum atomic E-state index is 12.6. The minimum Gasteiger partial charge on any atom is -0.451 e. The number of carbonyl (C=O) groups excluding carboxylic acids is 1. The number of hydrogen-bond donors (Lipinski definition) is 1. The molecule has 0 spiro atoms. The molecular formula is C15H27F3O5S. The van der Waals surface area contributed by atoms with Gasteiger partial charge in [-0.2, -0.15) is 21.6 Å². The van der Waals surface area contributed by atoms with Crippen LogP contribution in [0, 0.1) is 5.92 Å².